The summed E-state index contributed by atoms with van der Waals surface area (Å²) < 4.78 is 31.3. The first-order valence-electron chi connectivity index (χ1n) is 9.94. The van der Waals surface area contributed by atoms with Crippen molar-refractivity contribution in [3.8, 4) is 0 Å². The fourth-order valence-electron chi connectivity index (χ4n) is 3.70. The van der Waals surface area contributed by atoms with Gasteiger partial charge in [0.1, 0.15) is 5.84 Å². The molecule has 0 bridgehead atoms. The highest BCUT2D eigenvalue weighted by atomic mass is 32.2. The van der Waals surface area contributed by atoms with Gasteiger partial charge < -0.3 is 9.64 Å². The first-order valence-corrected chi connectivity index (χ1v) is 11.4. The number of sulfonamides is 1. The Bertz CT molecular complexity index is 889. The van der Waals surface area contributed by atoms with Crippen molar-refractivity contribution in [2.24, 2.45) is 10.9 Å². The lowest BCUT2D eigenvalue weighted by atomic mass is 9.96. The van der Waals surface area contributed by atoms with Crippen LogP contribution < -0.4 is 4.72 Å². The minimum Gasteiger partial charge on any atom is -0.469 e. The topological polar surface area (TPSA) is 105 Å². The Kier molecular flexibility index (Phi) is 6.89. The molecule has 8 nitrogen and oxygen atoms in total. The van der Waals surface area contributed by atoms with Crippen LogP contribution in [-0.2, 0) is 24.3 Å². The zero-order chi connectivity index (χ0) is 20.9. The molecular weight excluding hydrogens is 394 g/mol. The van der Waals surface area contributed by atoms with E-state index >= 15 is 0 Å². The summed E-state index contributed by atoms with van der Waals surface area (Å²) in [6, 6.07) is 6.79. The van der Waals surface area contributed by atoms with Crippen LogP contribution in [0.2, 0.25) is 0 Å². The van der Waals surface area contributed by atoms with Crippen LogP contribution in [0.3, 0.4) is 0 Å². The number of hydrogen-bond donors (Lipinski definition) is 1. The molecule has 0 aromatic heterocycles. The van der Waals surface area contributed by atoms with Crippen LogP contribution in [0.15, 0.2) is 34.2 Å². The van der Waals surface area contributed by atoms with E-state index in [1.165, 1.54) is 7.11 Å². The number of fused-ring (bicyclic) bond motifs is 1. The number of nitrogens with one attached hydrogen (secondary N) is 1. The van der Waals surface area contributed by atoms with Crippen molar-refractivity contribution in [1.82, 2.24) is 9.62 Å². The summed E-state index contributed by atoms with van der Waals surface area (Å²) in [5.74, 6) is 0.231. The first-order chi connectivity index (χ1) is 13.9. The van der Waals surface area contributed by atoms with Gasteiger partial charge >= 0.3 is 5.97 Å². The maximum absolute atomic E-state index is 12.3. The molecule has 3 rings (SSSR count). The number of aliphatic imine (C=N–C) groups is 1. The van der Waals surface area contributed by atoms with E-state index in [0.717, 1.165) is 19.3 Å². The smallest absolute Gasteiger partial charge is 0.308 e. The standard InChI is InChI=1S/C20H27N3O5S/c1-28-20(25)15-10-13-23(14-11-15)18(24)9-3-2-6-12-21-19-16-7-4-5-8-17(16)29(26,27)22-19/h4-5,7-8,15H,2-3,6,9-14H2,1H3,(H,21,22). The quantitative estimate of drug-likeness (QED) is 0.533. The highest BCUT2D eigenvalue weighted by Crippen LogP contribution is 2.22. The van der Waals surface area contributed by atoms with Gasteiger partial charge in [0.05, 0.1) is 17.9 Å². The van der Waals surface area contributed by atoms with Crippen molar-refractivity contribution in [3.63, 3.8) is 0 Å². The SMILES string of the molecule is COC(=O)C1CCN(C(=O)CCCCCN=C2NS(=O)(=O)c3ccccc32)CC1. The van der Waals surface area contributed by atoms with Crippen molar-refractivity contribution in [2.45, 2.75) is 43.4 Å². The van der Waals surface area contributed by atoms with Gasteiger partial charge in [-0.1, -0.05) is 18.6 Å². The summed E-state index contributed by atoms with van der Waals surface area (Å²) in [5, 5.41) is 0. The summed E-state index contributed by atoms with van der Waals surface area (Å²) in [4.78, 5) is 30.3. The van der Waals surface area contributed by atoms with Crippen molar-refractivity contribution < 1.29 is 22.7 Å². The van der Waals surface area contributed by atoms with Crippen LogP contribution in [0.25, 0.3) is 0 Å². The first kappa shape index (κ1) is 21.3. The number of ether oxygens (including phenoxy) is 1. The molecule has 0 atom stereocenters. The molecule has 0 spiro atoms. The second kappa shape index (κ2) is 9.39. The van der Waals surface area contributed by atoms with E-state index in [1.807, 2.05) is 4.90 Å². The molecule has 2 heterocycles. The van der Waals surface area contributed by atoms with Crippen LogP contribution >= 0.6 is 0 Å². The highest BCUT2D eigenvalue weighted by molar-refractivity contribution is 7.90. The maximum atomic E-state index is 12.3. The second-order valence-corrected chi connectivity index (χ2v) is 8.97. The van der Waals surface area contributed by atoms with Gasteiger partial charge in [0.2, 0.25) is 5.91 Å². The number of likely N-dealkylation sites (tertiary alicyclic amines) is 1. The fraction of sp³-hybridized carbons (Fsp3) is 0.550. The Hall–Kier alpha value is -2.42. The normalized spacial score (nSPS) is 19.6. The maximum Gasteiger partial charge on any atom is 0.308 e. The van der Waals surface area contributed by atoms with Crippen LogP contribution in [0.5, 0.6) is 0 Å². The number of esters is 1. The number of rotatable bonds is 7. The molecule has 0 saturated carbocycles. The summed E-state index contributed by atoms with van der Waals surface area (Å²) >= 11 is 0. The van der Waals surface area contributed by atoms with Crippen molar-refractivity contribution in [1.29, 1.82) is 0 Å². The van der Waals surface area contributed by atoms with Gasteiger partial charge in [-0.25, -0.2) is 8.42 Å². The lowest BCUT2D eigenvalue weighted by molar-refractivity contribution is -0.148. The molecule has 1 aromatic rings. The molecule has 0 radical (unpaired) electrons. The van der Waals surface area contributed by atoms with E-state index in [4.69, 9.17) is 4.74 Å². The van der Waals surface area contributed by atoms with Gasteiger partial charge in [-0.2, -0.15) is 0 Å². The molecule has 9 heteroatoms. The Labute approximate surface area is 171 Å². The van der Waals surface area contributed by atoms with Crippen molar-refractivity contribution in [2.75, 3.05) is 26.7 Å². The zero-order valence-corrected chi connectivity index (χ0v) is 17.4. The number of amides is 1. The molecule has 2 aliphatic rings. The zero-order valence-electron chi connectivity index (χ0n) is 16.6. The summed E-state index contributed by atoms with van der Waals surface area (Å²) in [6.07, 6.45) is 4.19. The third-order valence-electron chi connectivity index (χ3n) is 5.36. The number of methoxy groups -OCH3 is 1. The molecule has 158 valence electrons. The van der Waals surface area contributed by atoms with Crippen LogP contribution in [0.4, 0.5) is 0 Å². The van der Waals surface area contributed by atoms with Crippen LogP contribution in [0.1, 0.15) is 44.1 Å². The molecular formula is C20H27N3O5S. The van der Waals surface area contributed by atoms with Crippen molar-refractivity contribution >= 4 is 27.7 Å². The highest BCUT2D eigenvalue weighted by Gasteiger charge is 2.30. The van der Waals surface area contributed by atoms with E-state index in [9.17, 15) is 18.0 Å². The third-order valence-corrected chi connectivity index (χ3v) is 6.76. The van der Waals surface area contributed by atoms with E-state index in [0.29, 0.717) is 50.3 Å². The molecule has 1 N–H and O–H groups in total. The molecule has 29 heavy (non-hydrogen) atoms. The average Bonchev–Trinajstić information content (AvgIpc) is 3.00. The Morgan fingerprint density at radius 3 is 2.62 bits per heavy atom. The molecule has 0 aliphatic carbocycles. The van der Waals surface area contributed by atoms with E-state index in [1.54, 1.807) is 24.3 Å². The predicted octanol–water partition coefficient (Wildman–Crippen LogP) is 1.70. The number of amidine groups is 1. The number of hydrogen-bond acceptors (Lipinski definition) is 6. The van der Waals surface area contributed by atoms with E-state index < -0.39 is 10.0 Å². The van der Waals surface area contributed by atoms with Crippen molar-refractivity contribution in [3.05, 3.63) is 29.8 Å². The Morgan fingerprint density at radius 1 is 1.17 bits per heavy atom. The molecule has 1 amide bonds. The van der Waals surface area contributed by atoms with Gasteiger partial charge in [0, 0.05) is 31.6 Å². The third kappa shape index (κ3) is 5.14. The minimum atomic E-state index is -3.50. The molecule has 1 fully saturated rings. The second-order valence-electron chi connectivity index (χ2n) is 7.32. The predicted molar refractivity (Wildman–Crippen MR) is 108 cm³/mol. The number of carbonyl (C=O) groups is 2. The van der Waals surface area contributed by atoms with Crippen LogP contribution in [0, 0.1) is 5.92 Å². The van der Waals surface area contributed by atoms with E-state index in [-0.39, 0.29) is 22.7 Å². The molecule has 0 unspecified atom stereocenters. The number of unbranched alkanes of at least 4 members (excludes halogenated alkanes) is 2. The number of nitrogens with zero attached hydrogens (tertiary/aromatic N) is 2. The van der Waals surface area contributed by atoms with E-state index in [2.05, 4.69) is 9.71 Å². The monoisotopic (exact) mass is 421 g/mol. The Morgan fingerprint density at radius 2 is 1.90 bits per heavy atom. The number of benzene rings is 1. The lowest BCUT2D eigenvalue weighted by Crippen LogP contribution is -2.40. The van der Waals surface area contributed by atoms with Gasteiger partial charge in [-0.05, 0) is 37.8 Å². The van der Waals surface area contributed by atoms with Gasteiger partial charge in [0.15, 0.2) is 0 Å². The largest absolute Gasteiger partial charge is 0.469 e. The molecule has 1 saturated heterocycles. The van der Waals surface area contributed by atoms with Gasteiger partial charge in [-0.3, -0.25) is 19.3 Å². The van der Waals surface area contributed by atoms with Gasteiger partial charge in [-0.15, -0.1) is 0 Å². The minimum absolute atomic E-state index is 0.0960. The number of piperidine rings is 1. The summed E-state index contributed by atoms with van der Waals surface area (Å²) in [7, 11) is -2.10. The molecule has 1 aromatic carbocycles. The van der Waals surface area contributed by atoms with Gasteiger partial charge in [0.25, 0.3) is 10.0 Å². The number of carbonyl (C=O) groups excluding carboxylic acids is 2. The van der Waals surface area contributed by atoms with Crippen LogP contribution in [-0.4, -0.2) is 57.8 Å². The fourth-order valence-corrected chi connectivity index (χ4v) is 4.95. The summed E-state index contributed by atoms with van der Waals surface area (Å²) in [6.45, 7) is 1.71. The Balaban J connectivity index is 1.36. The lowest BCUT2D eigenvalue weighted by Gasteiger charge is -2.30. The summed E-state index contributed by atoms with van der Waals surface area (Å²) in [5.41, 5.74) is 0.609. The average molecular weight is 422 g/mol. The molecule has 2 aliphatic heterocycles.